The molecule has 1 aliphatic heterocycles. The molecule has 4 rings (SSSR count). The van der Waals surface area contributed by atoms with Crippen molar-refractivity contribution in [3.05, 3.63) is 53.2 Å². The Labute approximate surface area is 189 Å². The van der Waals surface area contributed by atoms with Gasteiger partial charge in [-0.1, -0.05) is 18.2 Å². The van der Waals surface area contributed by atoms with E-state index in [1.165, 1.54) is 12.1 Å². The summed E-state index contributed by atoms with van der Waals surface area (Å²) < 4.78 is 40.9. The second kappa shape index (κ2) is 9.21. The molecule has 0 aliphatic carbocycles. The molecule has 33 heavy (non-hydrogen) atoms. The summed E-state index contributed by atoms with van der Waals surface area (Å²) in [5.74, 6) is 0.0782. The van der Waals surface area contributed by atoms with Gasteiger partial charge in [0.15, 0.2) is 0 Å². The molecule has 0 saturated carbocycles. The van der Waals surface area contributed by atoms with Crippen LogP contribution < -0.4 is 16.0 Å². The highest BCUT2D eigenvalue weighted by molar-refractivity contribution is 5.90. The van der Waals surface area contributed by atoms with E-state index in [-0.39, 0.29) is 17.4 Å². The summed E-state index contributed by atoms with van der Waals surface area (Å²) in [5.41, 5.74) is 5.57. The number of hydrogen-bond acceptors (Lipinski definition) is 6. The molecule has 1 aliphatic rings. The van der Waals surface area contributed by atoms with E-state index in [0.29, 0.717) is 34.9 Å². The number of amides is 1. The Kier molecular flexibility index (Phi) is 6.35. The molecule has 1 saturated heterocycles. The fraction of sp³-hybridized carbons (Fsp3) is 0.391. The Morgan fingerprint density at radius 2 is 2.03 bits per heavy atom. The fourth-order valence-corrected chi connectivity index (χ4v) is 4.19. The van der Waals surface area contributed by atoms with Crippen LogP contribution in [0.5, 0.6) is 0 Å². The average Bonchev–Trinajstić information content (AvgIpc) is 2.78. The number of pyridine rings is 1. The summed E-state index contributed by atoms with van der Waals surface area (Å²) in [5, 5.41) is 3.81. The second-order valence-electron chi connectivity index (χ2n) is 8.28. The van der Waals surface area contributed by atoms with Gasteiger partial charge in [-0.2, -0.15) is 0 Å². The van der Waals surface area contributed by atoms with Gasteiger partial charge >= 0.3 is 0 Å². The molecule has 3 aromatic rings. The van der Waals surface area contributed by atoms with Crippen molar-refractivity contribution in [2.75, 3.05) is 23.3 Å². The molecule has 7 nitrogen and oxygen atoms in total. The molecule has 0 unspecified atom stereocenters. The minimum atomic E-state index is -2.90. The molecular weight excluding hydrogens is 433 g/mol. The predicted molar refractivity (Wildman–Crippen MR) is 120 cm³/mol. The van der Waals surface area contributed by atoms with Crippen LogP contribution in [0.2, 0.25) is 0 Å². The molecule has 0 radical (unpaired) electrons. The van der Waals surface area contributed by atoms with E-state index in [2.05, 4.69) is 20.3 Å². The van der Waals surface area contributed by atoms with Crippen LogP contribution in [-0.2, 0) is 4.79 Å². The highest BCUT2D eigenvalue weighted by atomic mass is 19.3. The monoisotopic (exact) mass is 458 g/mol. The first-order chi connectivity index (χ1) is 15.7. The summed E-state index contributed by atoms with van der Waals surface area (Å²) in [7, 11) is 0. The van der Waals surface area contributed by atoms with E-state index < -0.39 is 23.8 Å². The van der Waals surface area contributed by atoms with Crippen molar-refractivity contribution in [3.63, 3.8) is 0 Å². The number of carbonyl (C=O) groups is 1. The van der Waals surface area contributed by atoms with Gasteiger partial charge in [0.25, 0.3) is 6.43 Å². The smallest absolute Gasteiger partial charge is 0.266 e. The molecule has 2 atom stereocenters. The number of carbonyl (C=O) groups excluding carboxylic acids is 1. The summed E-state index contributed by atoms with van der Waals surface area (Å²) in [4.78, 5) is 27.0. The molecule has 2 aromatic heterocycles. The predicted octanol–water partition coefficient (Wildman–Crippen LogP) is 4.28. The summed E-state index contributed by atoms with van der Waals surface area (Å²) in [6.07, 6.45) is 0.289. The number of benzene rings is 1. The van der Waals surface area contributed by atoms with Crippen LogP contribution in [0.1, 0.15) is 49.2 Å². The first-order valence-corrected chi connectivity index (χ1v) is 10.8. The number of primary amides is 1. The molecule has 1 fully saturated rings. The molecule has 3 N–H and O–H groups in total. The van der Waals surface area contributed by atoms with E-state index in [1.54, 1.807) is 20.0 Å². The summed E-state index contributed by atoms with van der Waals surface area (Å²) in [6, 6.07) is 5.15. The SMILES string of the molecule is Cc1nc(N[C@H](C)c2cccc(C(F)F)c2F)c2cc(N3CCC[C@@H](C(N)=O)C3)ncc2n1. The first kappa shape index (κ1) is 22.8. The van der Waals surface area contributed by atoms with Crippen molar-refractivity contribution in [1.82, 2.24) is 15.0 Å². The number of nitrogens with one attached hydrogen (secondary N) is 1. The van der Waals surface area contributed by atoms with Crippen LogP contribution in [0.15, 0.2) is 30.5 Å². The largest absolute Gasteiger partial charge is 0.369 e. The van der Waals surface area contributed by atoms with Crippen LogP contribution in [0.25, 0.3) is 10.9 Å². The minimum absolute atomic E-state index is 0.117. The minimum Gasteiger partial charge on any atom is -0.369 e. The molecular formula is C23H25F3N6O. The zero-order valence-electron chi connectivity index (χ0n) is 18.4. The lowest BCUT2D eigenvalue weighted by Gasteiger charge is -2.32. The number of rotatable bonds is 6. The number of anilines is 2. The van der Waals surface area contributed by atoms with Gasteiger partial charge < -0.3 is 16.0 Å². The number of halogens is 3. The number of alkyl halides is 2. The number of hydrogen-bond donors (Lipinski definition) is 2. The Morgan fingerprint density at radius 1 is 1.27 bits per heavy atom. The van der Waals surface area contributed by atoms with Gasteiger partial charge in [0, 0.05) is 24.0 Å². The number of aromatic nitrogens is 3. The number of nitrogens with zero attached hydrogens (tertiary/aromatic N) is 4. The molecule has 0 spiro atoms. The molecule has 1 aromatic carbocycles. The van der Waals surface area contributed by atoms with Gasteiger partial charge in [-0.15, -0.1) is 0 Å². The van der Waals surface area contributed by atoms with Crippen LogP contribution in [0.4, 0.5) is 24.8 Å². The maximum Gasteiger partial charge on any atom is 0.266 e. The maximum atomic E-state index is 14.7. The normalized spacial score (nSPS) is 17.4. The van der Waals surface area contributed by atoms with Gasteiger partial charge in [-0.25, -0.2) is 28.1 Å². The van der Waals surface area contributed by atoms with Crippen molar-refractivity contribution in [3.8, 4) is 0 Å². The van der Waals surface area contributed by atoms with Crippen LogP contribution in [0.3, 0.4) is 0 Å². The molecule has 1 amide bonds. The first-order valence-electron chi connectivity index (χ1n) is 10.8. The lowest BCUT2D eigenvalue weighted by atomic mass is 9.97. The van der Waals surface area contributed by atoms with Gasteiger partial charge in [0.05, 0.1) is 29.2 Å². The van der Waals surface area contributed by atoms with Gasteiger partial charge in [-0.05, 0) is 32.8 Å². The number of piperidine rings is 1. The van der Waals surface area contributed by atoms with E-state index in [0.717, 1.165) is 25.5 Å². The van der Waals surface area contributed by atoms with Crippen molar-refractivity contribution >= 4 is 28.4 Å². The van der Waals surface area contributed by atoms with Crippen molar-refractivity contribution in [2.45, 2.75) is 39.2 Å². The Hall–Kier alpha value is -3.43. The molecule has 10 heteroatoms. The quantitative estimate of drug-likeness (QED) is 0.572. The zero-order chi connectivity index (χ0) is 23.7. The summed E-state index contributed by atoms with van der Waals surface area (Å²) >= 11 is 0. The van der Waals surface area contributed by atoms with Crippen LogP contribution in [-0.4, -0.2) is 33.9 Å². The Balaban J connectivity index is 1.68. The van der Waals surface area contributed by atoms with E-state index in [4.69, 9.17) is 5.73 Å². The molecule has 3 heterocycles. The number of aryl methyl sites for hydroxylation is 1. The highest BCUT2D eigenvalue weighted by Gasteiger charge is 2.25. The number of fused-ring (bicyclic) bond motifs is 1. The lowest BCUT2D eigenvalue weighted by molar-refractivity contribution is -0.122. The van der Waals surface area contributed by atoms with Gasteiger partial charge in [-0.3, -0.25) is 4.79 Å². The topological polar surface area (TPSA) is 97.0 Å². The third-order valence-electron chi connectivity index (χ3n) is 5.94. The van der Waals surface area contributed by atoms with Crippen molar-refractivity contribution in [1.29, 1.82) is 0 Å². The van der Waals surface area contributed by atoms with Crippen molar-refractivity contribution < 1.29 is 18.0 Å². The van der Waals surface area contributed by atoms with E-state index in [1.807, 2.05) is 11.0 Å². The standard InChI is InChI=1S/C23H25F3N6O/c1-12(15-6-3-7-16(20(15)24)21(25)26)29-23-17-9-19(28-10-18(17)30-13(2)31-23)32-8-4-5-14(11-32)22(27)33/h3,6-7,9-10,12,14,21H,4-5,8,11H2,1-2H3,(H2,27,33)(H,29,30,31)/t12-,14-/m1/s1. The maximum absolute atomic E-state index is 14.7. The highest BCUT2D eigenvalue weighted by Crippen LogP contribution is 2.32. The van der Waals surface area contributed by atoms with Gasteiger partial charge in [0.2, 0.25) is 5.91 Å². The van der Waals surface area contributed by atoms with Crippen LogP contribution in [0, 0.1) is 18.7 Å². The number of nitrogens with two attached hydrogens (primary N) is 1. The second-order valence-corrected chi connectivity index (χ2v) is 8.28. The van der Waals surface area contributed by atoms with E-state index >= 15 is 0 Å². The van der Waals surface area contributed by atoms with Crippen molar-refractivity contribution in [2.24, 2.45) is 11.7 Å². The Bertz CT molecular complexity index is 1190. The Morgan fingerprint density at radius 3 is 2.76 bits per heavy atom. The zero-order valence-corrected chi connectivity index (χ0v) is 18.4. The van der Waals surface area contributed by atoms with Gasteiger partial charge in [0.1, 0.15) is 23.3 Å². The molecule has 0 bridgehead atoms. The lowest BCUT2D eigenvalue weighted by Crippen LogP contribution is -2.41. The average molecular weight is 458 g/mol. The molecule has 174 valence electrons. The van der Waals surface area contributed by atoms with Crippen LogP contribution >= 0.6 is 0 Å². The third kappa shape index (κ3) is 4.69. The summed E-state index contributed by atoms with van der Waals surface area (Å²) in [6.45, 7) is 4.62. The fourth-order valence-electron chi connectivity index (χ4n) is 4.19. The van der Waals surface area contributed by atoms with E-state index in [9.17, 15) is 18.0 Å². The third-order valence-corrected chi connectivity index (χ3v) is 5.94.